The van der Waals surface area contributed by atoms with Crippen LogP contribution in [0.2, 0.25) is 0 Å². The SMILES string of the molecule is CC(C)(C)OC(=O)N1CCC(S(=O)c2nc3ccccc3[nH]2)C1. The minimum absolute atomic E-state index is 0.122. The molecule has 2 unspecified atom stereocenters. The number of para-hydroxylation sites is 2. The lowest BCUT2D eigenvalue weighted by Crippen LogP contribution is -2.36. The third kappa shape index (κ3) is 3.55. The number of nitrogens with one attached hydrogen (secondary N) is 1. The zero-order chi connectivity index (χ0) is 16.6. The number of rotatable bonds is 2. The lowest BCUT2D eigenvalue weighted by Gasteiger charge is -2.24. The van der Waals surface area contributed by atoms with Gasteiger partial charge in [0.05, 0.1) is 27.1 Å². The largest absolute Gasteiger partial charge is 0.444 e. The summed E-state index contributed by atoms with van der Waals surface area (Å²) in [5, 5.41) is 0.352. The fourth-order valence-corrected chi connectivity index (χ4v) is 3.93. The molecule has 0 radical (unpaired) electrons. The average Bonchev–Trinajstić information content (AvgIpc) is 3.11. The molecule has 2 atom stereocenters. The molecule has 1 aromatic heterocycles. The Kier molecular flexibility index (Phi) is 4.14. The number of imidazole rings is 1. The maximum absolute atomic E-state index is 12.7. The predicted octanol–water partition coefficient (Wildman–Crippen LogP) is 2.68. The molecule has 124 valence electrons. The third-order valence-electron chi connectivity index (χ3n) is 3.66. The Morgan fingerprint density at radius 1 is 1.39 bits per heavy atom. The fourth-order valence-electron chi connectivity index (χ4n) is 2.58. The summed E-state index contributed by atoms with van der Waals surface area (Å²) < 4.78 is 18.1. The molecule has 0 spiro atoms. The van der Waals surface area contributed by atoms with Crippen molar-refractivity contribution in [2.24, 2.45) is 0 Å². The molecule has 3 rings (SSSR count). The molecule has 23 heavy (non-hydrogen) atoms. The summed E-state index contributed by atoms with van der Waals surface area (Å²) in [5.41, 5.74) is 1.16. The number of carbonyl (C=O) groups is 1. The van der Waals surface area contributed by atoms with Crippen molar-refractivity contribution in [1.82, 2.24) is 14.9 Å². The zero-order valence-electron chi connectivity index (χ0n) is 13.5. The average molecular weight is 335 g/mol. The molecule has 0 aliphatic carbocycles. The second kappa shape index (κ2) is 5.96. The van der Waals surface area contributed by atoms with E-state index in [2.05, 4.69) is 9.97 Å². The molecule has 1 aromatic carbocycles. The normalized spacial score (nSPS) is 20.0. The van der Waals surface area contributed by atoms with Crippen LogP contribution in [-0.2, 0) is 15.5 Å². The maximum atomic E-state index is 12.7. The van der Waals surface area contributed by atoms with Crippen molar-refractivity contribution in [3.8, 4) is 0 Å². The number of nitrogens with zero attached hydrogens (tertiary/aromatic N) is 2. The molecule has 1 amide bonds. The summed E-state index contributed by atoms with van der Waals surface area (Å²) >= 11 is 0. The molecule has 1 fully saturated rings. The third-order valence-corrected chi connectivity index (χ3v) is 5.22. The number of aromatic amines is 1. The van der Waals surface area contributed by atoms with Crippen molar-refractivity contribution in [3.63, 3.8) is 0 Å². The minimum atomic E-state index is -1.27. The van der Waals surface area contributed by atoms with Crippen LogP contribution in [0.4, 0.5) is 4.79 Å². The van der Waals surface area contributed by atoms with Crippen LogP contribution in [-0.4, -0.2) is 49.1 Å². The minimum Gasteiger partial charge on any atom is -0.444 e. The molecule has 1 aliphatic heterocycles. The van der Waals surface area contributed by atoms with Crippen molar-refractivity contribution in [3.05, 3.63) is 24.3 Å². The first-order valence-corrected chi connectivity index (χ1v) is 8.88. The molecular formula is C16H21N3O3S. The summed E-state index contributed by atoms with van der Waals surface area (Å²) in [4.78, 5) is 21.2. The quantitative estimate of drug-likeness (QED) is 0.915. The van der Waals surface area contributed by atoms with Crippen molar-refractivity contribution in [1.29, 1.82) is 0 Å². The van der Waals surface area contributed by atoms with Crippen LogP contribution in [0.1, 0.15) is 27.2 Å². The van der Waals surface area contributed by atoms with Gasteiger partial charge in [-0.3, -0.25) is 4.21 Å². The lowest BCUT2D eigenvalue weighted by molar-refractivity contribution is 0.0295. The van der Waals surface area contributed by atoms with Crippen LogP contribution in [0.15, 0.2) is 29.4 Å². The van der Waals surface area contributed by atoms with Crippen LogP contribution in [0.3, 0.4) is 0 Å². The van der Waals surface area contributed by atoms with Gasteiger partial charge in [-0.25, -0.2) is 9.78 Å². The Morgan fingerprint density at radius 2 is 2.13 bits per heavy atom. The van der Waals surface area contributed by atoms with E-state index in [0.29, 0.717) is 24.7 Å². The van der Waals surface area contributed by atoms with Gasteiger partial charge in [-0.2, -0.15) is 0 Å². The first-order valence-electron chi connectivity index (χ1n) is 7.67. The molecule has 1 N–H and O–H groups in total. The molecule has 0 bridgehead atoms. The number of hydrogen-bond donors (Lipinski definition) is 1. The van der Waals surface area contributed by atoms with Crippen molar-refractivity contribution in [2.75, 3.05) is 13.1 Å². The van der Waals surface area contributed by atoms with E-state index in [9.17, 15) is 9.00 Å². The predicted molar refractivity (Wildman–Crippen MR) is 88.7 cm³/mol. The number of hydrogen-bond acceptors (Lipinski definition) is 4. The van der Waals surface area contributed by atoms with E-state index in [1.165, 1.54) is 0 Å². The Morgan fingerprint density at radius 3 is 2.83 bits per heavy atom. The van der Waals surface area contributed by atoms with Gasteiger partial charge in [0.15, 0.2) is 5.16 Å². The number of H-pyrrole nitrogens is 1. The van der Waals surface area contributed by atoms with Gasteiger partial charge in [0, 0.05) is 13.1 Å². The van der Waals surface area contributed by atoms with Crippen molar-refractivity contribution >= 4 is 27.9 Å². The van der Waals surface area contributed by atoms with E-state index in [1.807, 2.05) is 45.0 Å². The van der Waals surface area contributed by atoms with E-state index >= 15 is 0 Å². The highest BCUT2D eigenvalue weighted by Crippen LogP contribution is 2.22. The van der Waals surface area contributed by atoms with Gasteiger partial charge in [-0.15, -0.1) is 0 Å². The number of amides is 1. The first kappa shape index (κ1) is 16.0. The molecule has 6 nitrogen and oxygen atoms in total. The topological polar surface area (TPSA) is 75.3 Å². The second-order valence-corrected chi connectivity index (χ2v) is 8.34. The Hall–Kier alpha value is -1.89. The van der Waals surface area contributed by atoms with Crippen molar-refractivity contribution in [2.45, 2.75) is 43.2 Å². The molecule has 2 heterocycles. The maximum Gasteiger partial charge on any atom is 0.410 e. The Labute approximate surface area is 137 Å². The van der Waals surface area contributed by atoms with Crippen LogP contribution in [0, 0.1) is 0 Å². The lowest BCUT2D eigenvalue weighted by atomic mass is 10.2. The summed E-state index contributed by atoms with van der Waals surface area (Å²) in [6, 6.07) is 7.60. The van der Waals surface area contributed by atoms with Gasteiger partial charge in [0.25, 0.3) is 0 Å². The number of carbonyl (C=O) groups excluding carboxylic acids is 1. The molecule has 2 aromatic rings. The van der Waals surface area contributed by atoms with Gasteiger partial charge in [-0.1, -0.05) is 12.1 Å². The van der Waals surface area contributed by atoms with Crippen LogP contribution >= 0.6 is 0 Å². The highest BCUT2D eigenvalue weighted by molar-refractivity contribution is 7.85. The standard InChI is InChI=1S/C16H21N3O3S/c1-16(2,3)22-15(20)19-9-8-11(10-19)23(21)14-17-12-6-4-5-7-13(12)18-14/h4-7,11H,8-10H2,1-3H3,(H,17,18). The highest BCUT2D eigenvalue weighted by atomic mass is 32.2. The number of ether oxygens (including phenoxy) is 1. The van der Waals surface area contributed by atoms with Gasteiger partial charge < -0.3 is 14.6 Å². The van der Waals surface area contributed by atoms with Gasteiger partial charge in [-0.05, 0) is 39.3 Å². The van der Waals surface area contributed by atoms with Gasteiger partial charge in [0.2, 0.25) is 0 Å². The Bertz CT molecular complexity index is 717. The van der Waals surface area contributed by atoms with E-state index in [0.717, 1.165) is 11.0 Å². The number of likely N-dealkylation sites (tertiary alicyclic amines) is 1. The number of benzene rings is 1. The first-order chi connectivity index (χ1) is 10.8. The number of aromatic nitrogens is 2. The monoisotopic (exact) mass is 335 g/mol. The second-order valence-electron chi connectivity index (χ2n) is 6.69. The molecular weight excluding hydrogens is 314 g/mol. The van der Waals surface area contributed by atoms with E-state index in [-0.39, 0.29) is 11.3 Å². The molecule has 1 aliphatic rings. The summed E-state index contributed by atoms with van der Waals surface area (Å²) in [7, 11) is -1.27. The van der Waals surface area contributed by atoms with Crippen LogP contribution in [0.5, 0.6) is 0 Å². The van der Waals surface area contributed by atoms with E-state index < -0.39 is 16.4 Å². The zero-order valence-corrected chi connectivity index (χ0v) is 14.4. The number of fused-ring (bicyclic) bond motifs is 1. The summed E-state index contributed by atoms with van der Waals surface area (Å²) in [5.74, 6) is 0. The van der Waals surface area contributed by atoms with E-state index in [4.69, 9.17) is 4.74 Å². The summed E-state index contributed by atoms with van der Waals surface area (Å²) in [6.45, 7) is 6.51. The highest BCUT2D eigenvalue weighted by Gasteiger charge is 2.34. The van der Waals surface area contributed by atoms with Gasteiger partial charge in [0.1, 0.15) is 5.60 Å². The van der Waals surface area contributed by atoms with Gasteiger partial charge >= 0.3 is 6.09 Å². The molecule has 0 saturated carbocycles. The van der Waals surface area contributed by atoms with Crippen molar-refractivity contribution < 1.29 is 13.7 Å². The van der Waals surface area contributed by atoms with Crippen LogP contribution in [0.25, 0.3) is 11.0 Å². The smallest absolute Gasteiger partial charge is 0.410 e. The summed E-state index contributed by atoms with van der Waals surface area (Å²) in [6.07, 6.45) is 0.338. The molecule has 1 saturated heterocycles. The molecule has 7 heteroatoms. The Balaban J connectivity index is 1.68. The van der Waals surface area contributed by atoms with E-state index in [1.54, 1.807) is 4.90 Å². The van der Waals surface area contributed by atoms with Crippen LogP contribution < -0.4 is 0 Å². The fraction of sp³-hybridized carbons (Fsp3) is 0.500.